The molecule has 1 atom stereocenters. The quantitative estimate of drug-likeness (QED) is 0.904. The van der Waals surface area contributed by atoms with Crippen LogP contribution >= 0.6 is 0 Å². The lowest BCUT2D eigenvalue weighted by atomic mass is 10.1. The number of hydrogen-bond donors (Lipinski definition) is 1. The van der Waals surface area contributed by atoms with Crippen LogP contribution in [0.15, 0.2) is 36.7 Å². The first kappa shape index (κ1) is 14.3. The van der Waals surface area contributed by atoms with Gasteiger partial charge in [-0.15, -0.1) is 0 Å². The molecule has 1 unspecified atom stereocenters. The summed E-state index contributed by atoms with van der Waals surface area (Å²) in [6.07, 6.45) is 4.26. The van der Waals surface area contributed by atoms with Crippen molar-refractivity contribution in [3.63, 3.8) is 0 Å². The van der Waals surface area contributed by atoms with Gasteiger partial charge < -0.3 is 15.4 Å². The van der Waals surface area contributed by atoms with Crippen molar-refractivity contribution in [1.29, 1.82) is 0 Å². The van der Waals surface area contributed by atoms with E-state index in [0.29, 0.717) is 6.01 Å². The van der Waals surface area contributed by atoms with Gasteiger partial charge in [0.25, 0.3) is 0 Å². The fourth-order valence-electron chi connectivity index (χ4n) is 1.80. The molecule has 20 heavy (non-hydrogen) atoms. The molecule has 106 valence electrons. The number of hydrogen-bond acceptors (Lipinski definition) is 5. The van der Waals surface area contributed by atoms with Crippen LogP contribution in [0.4, 0.5) is 5.69 Å². The third-order valence-corrected chi connectivity index (χ3v) is 2.78. The zero-order valence-corrected chi connectivity index (χ0v) is 12.1. The minimum atomic E-state index is 0.0992. The fraction of sp³-hybridized carbons (Fsp3) is 0.333. The van der Waals surface area contributed by atoms with Crippen LogP contribution in [0.25, 0.3) is 0 Å². The molecule has 0 fully saturated rings. The van der Waals surface area contributed by atoms with Gasteiger partial charge in [0.05, 0.1) is 0 Å². The van der Waals surface area contributed by atoms with E-state index in [9.17, 15) is 0 Å². The molecule has 0 bridgehead atoms. The third-order valence-electron chi connectivity index (χ3n) is 2.78. The summed E-state index contributed by atoms with van der Waals surface area (Å²) >= 11 is 0. The molecule has 2 aromatic rings. The SMILES string of the molecule is CC(N)Cc1cnc(Oc2cccc(N(C)C)c2)nc1. The van der Waals surface area contributed by atoms with Gasteiger partial charge in [-0.1, -0.05) is 6.07 Å². The molecule has 0 aliphatic heterocycles. The normalized spacial score (nSPS) is 12.0. The van der Waals surface area contributed by atoms with Crippen molar-refractivity contribution < 1.29 is 4.74 Å². The molecule has 5 nitrogen and oxygen atoms in total. The summed E-state index contributed by atoms with van der Waals surface area (Å²) in [4.78, 5) is 10.4. The minimum Gasteiger partial charge on any atom is -0.424 e. The number of ether oxygens (including phenoxy) is 1. The number of nitrogens with two attached hydrogens (primary N) is 1. The Morgan fingerprint density at radius 3 is 2.55 bits per heavy atom. The molecule has 0 aliphatic carbocycles. The van der Waals surface area contributed by atoms with Gasteiger partial charge in [0, 0.05) is 44.3 Å². The monoisotopic (exact) mass is 272 g/mol. The maximum absolute atomic E-state index is 5.74. The van der Waals surface area contributed by atoms with Crippen molar-refractivity contribution in [2.45, 2.75) is 19.4 Å². The molecule has 1 heterocycles. The number of rotatable bonds is 5. The van der Waals surface area contributed by atoms with E-state index in [1.54, 1.807) is 12.4 Å². The summed E-state index contributed by atoms with van der Waals surface area (Å²) in [5.41, 5.74) is 7.81. The Kier molecular flexibility index (Phi) is 4.53. The maximum atomic E-state index is 5.74. The predicted molar refractivity (Wildman–Crippen MR) is 80.2 cm³/mol. The molecule has 2 rings (SSSR count). The van der Waals surface area contributed by atoms with E-state index in [4.69, 9.17) is 10.5 Å². The van der Waals surface area contributed by atoms with Crippen LogP contribution in [0, 0.1) is 0 Å². The second-order valence-electron chi connectivity index (χ2n) is 5.05. The van der Waals surface area contributed by atoms with Crippen LogP contribution in [0.2, 0.25) is 0 Å². The standard InChI is InChI=1S/C15H20N4O/c1-11(16)7-12-9-17-15(18-10-12)20-14-6-4-5-13(8-14)19(2)3/h4-6,8-11H,7,16H2,1-3H3. The Bertz CT molecular complexity index is 552. The molecule has 5 heteroatoms. The number of benzene rings is 1. The fourth-order valence-corrected chi connectivity index (χ4v) is 1.80. The molecular weight excluding hydrogens is 252 g/mol. The number of anilines is 1. The van der Waals surface area contributed by atoms with Crippen LogP contribution in [0.5, 0.6) is 11.8 Å². The molecule has 0 radical (unpaired) electrons. The zero-order chi connectivity index (χ0) is 14.5. The van der Waals surface area contributed by atoms with Crippen molar-refractivity contribution in [2.75, 3.05) is 19.0 Å². The summed E-state index contributed by atoms with van der Waals surface area (Å²) in [5.74, 6) is 0.719. The Hall–Kier alpha value is -2.14. The van der Waals surface area contributed by atoms with Gasteiger partial charge in [-0.25, -0.2) is 9.97 Å². The highest BCUT2D eigenvalue weighted by molar-refractivity contribution is 5.49. The Labute approximate surface area is 119 Å². The van der Waals surface area contributed by atoms with Crippen molar-refractivity contribution in [3.8, 4) is 11.8 Å². The van der Waals surface area contributed by atoms with Crippen LogP contribution in [0.3, 0.4) is 0 Å². The van der Waals surface area contributed by atoms with Crippen LogP contribution in [0.1, 0.15) is 12.5 Å². The van der Waals surface area contributed by atoms with Crippen LogP contribution in [-0.2, 0) is 6.42 Å². The van der Waals surface area contributed by atoms with Gasteiger partial charge in [-0.3, -0.25) is 0 Å². The average Bonchev–Trinajstić information content (AvgIpc) is 2.41. The van der Waals surface area contributed by atoms with Crippen molar-refractivity contribution in [1.82, 2.24) is 9.97 Å². The molecule has 1 aromatic heterocycles. The van der Waals surface area contributed by atoms with E-state index in [1.165, 1.54) is 0 Å². The van der Waals surface area contributed by atoms with E-state index in [2.05, 4.69) is 9.97 Å². The topological polar surface area (TPSA) is 64.3 Å². The van der Waals surface area contributed by atoms with Gasteiger partial charge in [-0.2, -0.15) is 0 Å². The van der Waals surface area contributed by atoms with E-state index < -0.39 is 0 Å². The first-order valence-corrected chi connectivity index (χ1v) is 6.56. The lowest BCUT2D eigenvalue weighted by Crippen LogP contribution is -2.17. The van der Waals surface area contributed by atoms with Crippen LogP contribution < -0.4 is 15.4 Å². The van der Waals surface area contributed by atoms with Gasteiger partial charge >= 0.3 is 6.01 Å². The maximum Gasteiger partial charge on any atom is 0.321 e. The Balaban J connectivity index is 2.08. The number of nitrogens with zero attached hydrogens (tertiary/aromatic N) is 3. The van der Waals surface area contributed by atoms with Gasteiger partial charge in [-0.05, 0) is 31.0 Å². The lowest BCUT2D eigenvalue weighted by molar-refractivity contribution is 0.441. The molecule has 1 aromatic carbocycles. The number of aromatic nitrogens is 2. The summed E-state index contributed by atoms with van der Waals surface area (Å²) in [6.45, 7) is 1.96. The Morgan fingerprint density at radius 2 is 1.95 bits per heavy atom. The van der Waals surface area contributed by atoms with Gasteiger partial charge in [0.2, 0.25) is 0 Å². The van der Waals surface area contributed by atoms with Crippen molar-refractivity contribution in [2.24, 2.45) is 5.73 Å². The predicted octanol–water partition coefficient (Wildman–Crippen LogP) is 2.22. The highest BCUT2D eigenvalue weighted by Crippen LogP contribution is 2.22. The van der Waals surface area contributed by atoms with E-state index in [0.717, 1.165) is 23.4 Å². The lowest BCUT2D eigenvalue weighted by Gasteiger charge is -2.13. The summed E-state index contributed by atoms with van der Waals surface area (Å²) in [5, 5.41) is 0. The summed E-state index contributed by atoms with van der Waals surface area (Å²) < 4.78 is 5.65. The molecule has 0 amide bonds. The summed E-state index contributed by atoms with van der Waals surface area (Å²) in [7, 11) is 3.97. The highest BCUT2D eigenvalue weighted by atomic mass is 16.5. The average molecular weight is 272 g/mol. The highest BCUT2D eigenvalue weighted by Gasteiger charge is 2.04. The van der Waals surface area contributed by atoms with Gasteiger partial charge in [0.15, 0.2) is 0 Å². The van der Waals surface area contributed by atoms with E-state index >= 15 is 0 Å². The smallest absolute Gasteiger partial charge is 0.321 e. The second-order valence-corrected chi connectivity index (χ2v) is 5.05. The molecule has 2 N–H and O–H groups in total. The van der Waals surface area contributed by atoms with E-state index in [1.807, 2.05) is 50.2 Å². The van der Waals surface area contributed by atoms with Crippen molar-refractivity contribution >= 4 is 5.69 Å². The minimum absolute atomic E-state index is 0.0992. The molecule has 0 saturated carbocycles. The third kappa shape index (κ3) is 3.93. The molecule has 0 saturated heterocycles. The molecular formula is C15H20N4O. The molecule has 0 aliphatic rings. The van der Waals surface area contributed by atoms with Gasteiger partial charge in [0.1, 0.15) is 5.75 Å². The Morgan fingerprint density at radius 1 is 1.25 bits per heavy atom. The van der Waals surface area contributed by atoms with Crippen LogP contribution in [-0.4, -0.2) is 30.1 Å². The molecule has 0 spiro atoms. The zero-order valence-electron chi connectivity index (χ0n) is 12.1. The first-order chi connectivity index (χ1) is 9.54. The summed E-state index contributed by atoms with van der Waals surface area (Å²) in [6, 6.07) is 8.22. The first-order valence-electron chi connectivity index (χ1n) is 6.56. The largest absolute Gasteiger partial charge is 0.424 e. The second kappa shape index (κ2) is 6.34. The van der Waals surface area contributed by atoms with E-state index in [-0.39, 0.29) is 6.04 Å². The van der Waals surface area contributed by atoms with Crippen molar-refractivity contribution in [3.05, 3.63) is 42.2 Å².